The van der Waals surface area contributed by atoms with Crippen molar-refractivity contribution in [2.45, 2.75) is 44.6 Å². The van der Waals surface area contributed by atoms with Gasteiger partial charge in [0.1, 0.15) is 0 Å². The Morgan fingerprint density at radius 2 is 1.70 bits per heavy atom. The van der Waals surface area contributed by atoms with E-state index in [1.807, 2.05) is 0 Å². The van der Waals surface area contributed by atoms with E-state index < -0.39 is 0 Å². The molecule has 1 fully saturated rings. The average molecular weight is 273 g/mol. The molecule has 0 amide bonds. The van der Waals surface area contributed by atoms with Crippen molar-refractivity contribution in [2.24, 2.45) is 0 Å². The number of benzene rings is 1. The third kappa shape index (κ3) is 2.51. The van der Waals surface area contributed by atoms with Crippen molar-refractivity contribution in [3.63, 3.8) is 0 Å². The zero-order valence-electron chi connectivity index (χ0n) is 12.9. The summed E-state index contributed by atoms with van der Waals surface area (Å²) in [5.41, 5.74) is 11.6. The van der Waals surface area contributed by atoms with Crippen LogP contribution in [-0.4, -0.2) is 38.1 Å². The Hall–Kier alpha value is -1.22. The van der Waals surface area contributed by atoms with Crippen LogP contribution in [0.3, 0.4) is 0 Å². The molecule has 1 aromatic rings. The van der Waals surface area contributed by atoms with E-state index in [4.69, 9.17) is 5.73 Å². The van der Waals surface area contributed by atoms with E-state index in [1.165, 1.54) is 62.9 Å². The van der Waals surface area contributed by atoms with Crippen molar-refractivity contribution in [3.8, 4) is 0 Å². The lowest BCUT2D eigenvalue weighted by molar-refractivity contribution is 0.249. The first kappa shape index (κ1) is 13.7. The lowest BCUT2D eigenvalue weighted by Gasteiger charge is -2.38. The van der Waals surface area contributed by atoms with E-state index in [-0.39, 0.29) is 0 Å². The molecular weight excluding hydrogens is 246 g/mol. The third-order valence-corrected chi connectivity index (χ3v) is 5.08. The first-order valence-corrected chi connectivity index (χ1v) is 7.98. The fourth-order valence-electron chi connectivity index (χ4n) is 3.80. The number of nitrogen functional groups attached to an aromatic ring is 1. The van der Waals surface area contributed by atoms with Gasteiger partial charge in [0, 0.05) is 30.5 Å². The number of hydrogen-bond acceptors (Lipinski definition) is 3. The molecule has 0 unspecified atom stereocenters. The monoisotopic (exact) mass is 273 g/mol. The molecule has 1 aliphatic heterocycles. The predicted molar refractivity (Wildman–Crippen MR) is 86.4 cm³/mol. The summed E-state index contributed by atoms with van der Waals surface area (Å²) in [6.45, 7) is 2.36. The molecule has 0 spiro atoms. The minimum Gasteiger partial charge on any atom is -0.398 e. The number of hydrogen-bond donors (Lipinski definition) is 1. The first-order valence-electron chi connectivity index (χ1n) is 7.98. The molecule has 0 saturated carbocycles. The van der Waals surface area contributed by atoms with Gasteiger partial charge in [0.2, 0.25) is 0 Å². The van der Waals surface area contributed by atoms with Gasteiger partial charge in [-0.15, -0.1) is 0 Å². The van der Waals surface area contributed by atoms with Crippen molar-refractivity contribution in [1.82, 2.24) is 4.90 Å². The maximum Gasteiger partial charge on any atom is 0.0403 e. The van der Waals surface area contributed by atoms with E-state index in [1.54, 1.807) is 5.56 Å². The van der Waals surface area contributed by atoms with Crippen LogP contribution in [0.15, 0.2) is 12.1 Å². The number of rotatable bonds is 2. The normalized spacial score (nSPS) is 20.2. The van der Waals surface area contributed by atoms with Gasteiger partial charge in [-0.3, -0.25) is 0 Å². The van der Waals surface area contributed by atoms with E-state index in [0.717, 1.165) is 11.7 Å². The molecule has 3 rings (SSSR count). The van der Waals surface area contributed by atoms with Crippen LogP contribution in [0.2, 0.25) is 0 Å². The molecule has 2 N–H and O–H groups in total. The predicted octanol–water partition coefficient (Wildman–Crippen LogP) is 2.68. The van der Waals surface area contributed by atoms with Crippen molar-refractivity contribution in [3.05, 3.63) is 23.3 Å². The molecule has 110 valence electrons. The fourth-order valence-corrected chi connectivity index (χ4v) is 3.80. The molecular formula is C17H27N3. The van der Waals surface area contributed by atoms with Crippen LogP contribution >= 0.6 is 0 Å². The molecule has 1 aromatic carbocycles. The standard InChI is InChI=1S/C17H27N3/c1-19(2)13-9-11-20(12-10-13)17-8-7-16(18)14-5-3-4-6-15(14)17/h7-8,13H,3-6,9-12,18H2,1-2H3. The van der Waals surface area contributed by atoms with Crippen LogP contribution < -0.4 is 10.6 Å². The largest absolute Gasteiger partial charge is 0.398 e. The van der Waals surface area contributed by atoms with Crippen LogP contribution in [0.1, 0.15) is 36.8 Å². The minimum atomic E-state index is 0.746. The second kappa shape index (κ2) is 5.65. The smallest absolute Gasteiger partial charge is 0.0403 e. The molecule has 1 saturated heterocycles. The first-order chi connectivity index (χ1) is 9.66. The Balaban J connectivity index is 1.81. The van der Waals surface area contributed by atoms with Crippen molar-refractivity contribution >= 4 is 11.4 Å². The van der Waals surface area contributed by atoms with E-state index in [9.17, 15) is 0 Å². The molecule has 1 aliphatic carbocycles. The minimum absolute atomic E-state index is 0.746. The Morgan fingerprint density at radius 3 is 2.35 bits per heavy atom. The average Bonchev–Trinajstić information content (AvgIpc) is 2.48. The molecule has 0 atom stereocenters. The Morgan fingerprint density at radius 1 is 1.05 bits per heavy atom. The fraction of sp³-hybridized carbons (Fsp3) is 0.647. The number of nitrogens with zero attached hydrogens (tertiary/aromatic N) is 2. The molecule has 20 heavy (non-hydrogen) atoms. The Bertz CT molecular complexity index is 473. The summed E-state index contributed by atoms with van der Waals surface area (Å²) in [4.78, 5) is 4.96. The molecule has 2 aliphatic rings. The highest BCUT2D eigenvalue weighted by molar-refractivity contribution is 5.66. The summed E-state index contributed by atoms with van der Waals surface area (Å²) in [5.74, 6) is 0. The van der Waals surface area contributed by atoms with Crippen molar-refractivity contribution in [1.29, 1.82) is 0 Å². The lowest BCUT2D eigenvalue weighted by atomic mass is 9.88. The van der Waals surface area contributed by atoms with Crippen LogP contribution in [0.5, 0.6) is 0 Å². The van der Waals surface area contributed by atoms with E-state index in [2.05, 4.69) is 36.0 Å². The van der Waals surface area contributed by atoms with Gasteiger partial charge in [-0.1, -0.05) is 0 Å². The quantitative estimate of drug-likeness (QED) is 0.841. The maximum absolute atomic E-state index is 6.18. The molecule has 1 heterocycles. The number of nitrogens with two attached hydrogens (primary N) is 1. The number of piperidine rings is 1. The summed E-state index contributed by atoms with van der Waals surface area (Å²) in [5, 5.41) is 0. The Kier molecular flexibility index (Phi) is 3.88. The summed E-state index contributed by atoms with van der Waals surface area (Å²) < 4.78 is 0. The summed E-state index contributed by atoms with van der Waals surface area (Å²) in [6, 6.07) is 5.13. The van der Waals surface area contributed by atoms with Crippen LogP contribution in [-0.2, 0) is 12.8 Å². The molecule has 0 aromatic heterocycles. The maximum atomic E-state index is 6.18. The Labute approximate surface area is 122 Å². The van der Waals surface area contributed by atoms with Crippen molar-refractivity contribution < 1.29 is 0 Å². The number of anilines is 2. The highest BCUT2D eigenvalue weighted by Gasteiger charge is 2.24. The van der Waals surface area contributed by atoms with Gasteiger partial charge in [-0.25, -0.2) is 0 Å². The topological polar surface area (TPSA) is 32.5 Å². The summed E-state index contributed by atoms with van der Waals surface area (Å²) in [6.07, 6.45) is 7.53. The molecule has 0 radical (unpaired) electrons. The van der Waals surface area contributed by atoms with Gasteiger partial charge < -0.3 is 15.5 Å². The van der Waals surface area contributed by atoms with Crippen LogP contribution in [0.25, 0.3) is 0 Å². The zero-order valence-corrected chi connectivity index (χ0v) is 12.9. The highest BCUT2D eigenvalue weighted by Crippen LogP contribution is 2.35. The highest BCUT2D eigenvalue weighted by atomic mass is 15.2. The molecule has 0 bridgehead atoms. The van der Waals surface area contributed by atoms with Gasteiger partial charge in [-0.2, -0.15) is 0 Å². The molecule has 3 nitrogen and oxygen atoms in total. The second-order valence-electron chi connectivity index (χ2n) is 6.52. The van der Waals surface area contributed by atoms with E-state index >= 15 is 0 Å². The van der Waals surface area contributed by atoms with E-state index in [0.29, 0.717) is 0 Å². The van der Waals surface area contributed by atoms with Gasteiger partial charge >= 0.3 is 0 Å². The SMILES string of the molecule is CN(C)C1CCN(c2ccc(N)c3c2CCCC3)CC1. The summed E-state index contributed by atoms with van der Waals surface area (Å²) >= 11 is 0. The molecule has 3 heteroatoms. The van der Waals surface area contributed by atoms with Gasteiger partial charge in [0.15, 0.2) is 0 Å². The second-order valence-corrected chi connectivity index (χ2v) is 6.52. The van der Waals surface area contributed by atoms with Crippen molar-refractivity contribution in [2.75, 3.05) is 37.8 Å². The zero-order chi connectivity index (χ0) is 14.1. The number of fused-ring (bicyclic) bond motifs is 1. The third-order valence-electron chi connectivity index (χ3n) is 5.08. The van der Waals surface area contributed by atoms with Crippen LogP contribution in [0, 0.1) is 0 Å². The van der Waals surface area contributed by atoms with Crippen LogP contribution in [0.4, 0.5) is 11.4 Å². The van der Waals surface area contributed by atoms with Gasteiger partial charge in [0.25, 0.3) is 0 Å². The van der Waals surface area contributed by atoms with Gasteiger partial charge in [0.05, 0.1) is 0 Å². The van der Waals surface area contributed by atoms with Gasteiger partial charge in [-0.05, 0) is 75.9 Å². The summed E-state index contributed by atoms with van der Waals surface area (Å²) in [7, 11) is 4.40. The lowest BCUT2D eigenvalue weighted by Crippen LogP contribution is -2.42.